The number of carbonyl (C=O) groups excluding carboxylic acids is 1. The van der Waals surface area contributed by atoms with Crippen molar-refractivity contribution in [1.29, 1.82) is 0 Å². The van der Waals surface area contributed by atoms with E-state index in [4.69, 9.17) is 0 Å². The maximum atomic E-state index is 12.2. The zero-order valence-corrected chi connectivity index (χ0v) is 15.3. The van der Waals surface area contributed by atoms with Crippen LogP contribution in [0.2, 0.25) is 0 Å². The molecule has 0 saturated carbocycles. The minimum Gasteiger partial charge on any atom is -0.326 e. The molecule has 24 heavy (non-hydrogen) atoms. The molecule has 1 heterocycles. The molecule has 0 atom stereocenters. The summed E-state index contributed by atoms with van der Waals surface area (Å²) in [6.07, 6.45) is 5.47. The van der Waals surface area contributed by atoms with Crippen LogP contribution in [-0.2, 0) is 21.2 Å². The van der Waals surface area contributed by atoms with Gasteiger partial charge in [0.1, 0.15) is 0 Å². The van der Waals surface area contributed by atoms with E-state index in [9.17, 15) is 13.2 Å². The molecule has 6 heteroatoms. The van der Waals surface area contributed by atoms with Gasteiger partial charge >= 0.3 is 0 Å². The number of unbranched alkanes of at least 4 members (excludes halogenated alkanes) is 1. The summed E-state index contributed by atoms with van der Waals surface area (Å²) >= 11 is 0. The lowest BCUT2D eigenvalue weighted by atomic mass is 10.1. The fourth-order valence-electron chi connectivity index (χ4n) is 2.89. The van der Waals surface area contributed by atoms with Crippen LogP contribution in [0.5, 0.6) is 0 Å². The van der Waals surface area contributed by atoms with E-state index >= 15 is 0 Å². The third-order valence-corrected chi connectivity index (χ3v) is 6.37. The SMILES string of the molecule is CCc1ccc(NC(=O)CCCCS(=O)(=O)N2CCCCC2)cc1. The van der Waals surface area contributed by atoms with Crippen LogP contribution in [0.4, 0.5) is 5.69 Å². The van der Waals surface area contributed by atoms with Gasteiger partial charge in [-0.3, -0.25) is 4.79 Å². The minimum atomic E-state index is -3.15. The second-order valence-corrected chi connectivity index (χ2v) is 8.42. The van der Waals surface area contributed by atoms with Crippen molar-refractivity contribution < 1.29 is 13.2 Å². The Labute approximate surface area is 145 Å². The highest BCUT2D eigenvalue weighted by Gasteiger charge is 2.23. The molecule has 2 rings (SSSR count). The average Bonchev–Trinajstić information content (AvgIpc) is 2.60. The first-order chi connectivity index (χ1) is 11.5. The molecule has 1 aliphatic heterocycles. The van der Waals surface area contributed by atoms with Crippen LogP contribution in [0.15, 0.2) is 24.3 Å². The van der Waals surface area contributed by atoms with Gasteiger partial charge in [0.15, 0.2) is 0 Å². The van der Waals surface area contributed by atoms with Gasteiger partial charge in [-0.2, -0.15) is 0 Å². The van der Waals surface area contributed by atoms with E-state index in [-0.39, 0.29) is 11.7 Å². The lowest BCUT2D eigenvalue weighted by Crippen LogP contribution is -2.37. The number of rotatable bonds is 8. The zero-order valence-electron chi connectivity index (χ0n) is 14.5. The second-order valence-electron chi connectivity index (χ2n) is 6.33. The molecule has 5 nitrogen and oxygen atoms in total. The van der Waals surface area contributed by atoms with E-state index < -0.39 is 10.0 Å². The summed E-state index contributed by atoms with van der Waals surface area (Å²) in [5.41, 5.74) is 2.02. The Morgan fingerprint density at radius 3 is 2.38 bits per heavy atom. The quantitative estimate of drug-likeness (QED) is 0.731. The first kappa shape index (κ1) is 18.9. The molecular weight excluding hydrogens is 324 g/mol. The number of hydrogen-bond acceptors (Lipinski definition) is 3. The standard InChI is InChI=1S/C18H28N2O3S/c1-2-16-9-11-17(12-10-16)19-18(21)8-4-7-15-24(22,23)20-13-5-3-6-14-20/h9-12H,2-8,13-15H2,1H3,(H,19,21). The molecule has 0 radical (unpaired) electrons. The fourth-order valence-corrected chi connectivity index (χ4v) is 4.53. The van der Waals surface area contributed by atoms with Gasteiger partial charge in [0, 0.05) is 25.2 Å². The molecule has 134 valence electrons. The predicted octanol–water partition coefficient (Wildman–Crippen LogP) is 3.17. The van der Waals surface area contributed by atoms with Gasteiger partial charge in [-0.15, -0.1) is 0 Å². The van der Waals surface area contributed by atoms with Crippen molar-refractivity contribution in [2.45, 2.75) is 51.9 Å². The maximum absolute atomic E-state index is 12.2. The van der Waals surface area contributed by atoms with Crippen LogP contribution in [0, 0.1) is 0 Å². The van der Waals surface area contributed by atoms with E-state index in [0.29, 0.717) is 32.4 Å². The van der Waals surface area contributed by atoms with Gasteiger partial charge in [-0.1, -0.05) is 25.5 Å². The van der Waals surface area contributed by atoms with Gasteiger partial charge in [0.05, 0.1) is 5.75 Å². The molecule has 1 amide bonds. The highest BCUT2D eigenvalue weighted by molar-refractivity contribution is 7.89. The van der Waals surface area contributed by atoms with Crippen LogP contribution < -0.4 is 5.32 Å². The second kappa shape index (κ2) is 9.18. The molecular formula is C18H28N2O3S. The Morgan fingerprint density at radius 2 is 1.75 bits per heavy atom. The largest absolute Gasteiger partial charge is 0.326 e. The lowest BCUT2D eigenvalue weighted by molar-refractivity contribution is -0.116. The number of piperidine rings is 1. The first-order valence-electron chi connectivity index (χ1n) is 8.88. The van der Waals surface area contributed by atoms with Gasteiger partial charge in [0.25, 0.3) is 0 Å². The van der Waals surface area contributed by atoms with E-state index in [2.05, 4.69) is 12.2 Å². The number of amides is 1. The van der Waals surface area contributed by atoms with Gasteiger partial charge in [-0.25, -0.2) is 12.7 Å². The molecule has 1 aromatic rings. The molecule has 1 aliphatic rings. The van der Waals surface area contributed by atoms with Crippen molar-refractivity contribution in [3.63, 3.8) is 0 Å². The fraction of sp³-hybridized carbons (Fsp3) is 0.611. The lowest BCUT2D eigenvalue weighted by Gasteiger charge is -2.25. The molecule has 0 aliphatic carbocycles. The monoisotopic (exact) mass is 352 g/mol. The third-order valence-electron chi connectivity index (χ3n) is 4.41. The minimum absolute atomic E-state index is 0.0605. The summed E-state index contributed by atoms with van der Waals surface area (Å²) in [5.74, 6) is 0.0838. The number of nitrogens with one attached hydrogen (secondary N) is 1. The maximum Gasteiger partial charge on any atom is 0.224 e. The number of nitrogens with zero attached hydrogens (tertiary/aromatic N) is 1. The summed E-state index contributed by atoms with van der Waals surface area (Å²) in [4.78, 5) is 11.9. The molecule has 1 N–H and O–H groups in total. The van der Waals surface area contributed by atoms with Crippen molar-refractivity contribution in [3.8, 4) is 0 Å². The van der Waals surface area contributed by atoms with E-state index in [1.165, 1.54) is 5.56 Å². The van der Waals surface area contributed by atoms with Crippen molar-refractivity contribution in [1.82, 2.24) is 4.31 Å². The van der Waals surface area contributed by atoms with E-state index in [1.807, 2.05) is 24.3 Å². The zero-order chi connectivity index (χ0) is 17.4. The van der Waals surface area contributed by atoms with E-state index in [1.54, 1.807) is 4.31 Å². The summed E-state index contributed by atoms with van der Waals surface area (Å²) in [5, 5.41) is 2.86. The molecule has 0 bridgehead atoms. The molecule has 1 saturated heterocycles. The van der Waals surface area contributed by atoms with Crippen LogP contribution in [0.1, 0.15) is 51.0 Å². The van der Waals surface area contributed by atoms with Crippen molar-refractivity contribution in [2.75, 3.05) is 24.2 Å². The number of anilines is 1. The third kappa shape index (κ3) is 5.91. The molecule has 1 fully saturated rings. The smallest absolute Gasteiger partial charge is 0.224 e. The average molecular weight is 353 g/mol. The summed E-state index contributed by atoms with van der Waals surface area (Å²) in [6.45, 7) is 3.39. The molecule has 0 unspecified atom stereocenters. The van der Waals surface area contributed by atoms with Crippen LogP contribution >= 0.6 is 0 Å². The summed E-state index contributed by atoms with van der Waals surface area (Å²) in [7, 11) is -3.15. The number of benzene rings is 1. The van der Waals surface area contributed by atoms with E-state index in [0.717, 1.165) is 31.4 Å². The predicted molar refractivity (Wildman–Crippen MR) is 97.5 cm³/mol. The van der Waals surface area contributed by atoms with Gasteiger partial charge in [-0.05, 0) is 49.8 Å². The number of hydrogen-bond donors (Lipinski definition) is 1. The highest BCUT2D eigenvalue weighted by Crippen LogP contribution is 2.15. The highest BCUT2D eigenvalue weighted by atomic mass is 32.2. The van der Waals surface area contributed by atoms with Crippen molar-refractivity contribution in [2.24, 2.45) is 0 Å². The van der Waals surface area contributed by atoms with Crippen LogP contribution in [0.3, 0.4) is 0 Å². The Balaban J connectivity index is 1.68. The topological polar surface area (TPSA) is 66.5 Å². The van der Waals surface area contributed by atoms with Crippen LogP contribution in [0.25, 0.3) is 0 Å². The van der Waals surface area contributed by atoms with Crippen LogP contribution in [-0.4, -0.2) is 37.5 Å². The van der Waals surface area contributed by atoms with Gasteiger partial charge in [0.2, 0.25) is 15.9 Å². The summed E-state index contributed by atoms with van der Waals surface area (Å²) in [6, 6.07) is 7.80. The Kier molecular flexibility index (Phi) is 7.24. The Morgan fingerprint density at radius 1 is 1.08 bits per heavy atom. The van der Waals surface area contributed by atoms with Crippen molar-refractivity contribution in [3.05, 3.63) is 29.8 Å². The number of aryl methyl sites for hydroxylation is 1. The number of carbonyl (C=O) groups is 1. The number of sulfonamides is 1. The van der Waals surface area contributed by atoms with Gasteiger partial charge < -0.3 is 5.32 Å². The molecule has 1 aromatic carbocycles. The summed E-state index contributed by atoms with van der Waals surface area (Å²) < 4.78 is 26.0. The first-order valence-corrected chi connectivity index (χ1v) is 10.5. The van der Waals surface area contributed by atoms with Crippen molar-refractivity contribution >= 4 is 21.6 Å². The normalized spacial score (nSPS) is 16.0. The Hall–Kier alpha value is -1.40. The molecule has 0 aromatic heterocycles. The molecule has 0 spiro atoms. The Bertz CT molecular complexity index is 620.